The number of benzene rings is 4. The number of hydrogen-bond acceptors (Lipinski definition) is 5. The fourth-order valence-corrected chi connectivity index (χ4v) is 6.38. The summed E-state index contributed by atoms with van der Waals surface area (Å²) in [5, 5.41) is 2.95. The second-order valence-electron chi connectivity index (χ2n) is 10.2. The van der Waals surface area contributed by atoms with E-state index in [0.29, 0.717) is 18.0 Å². The third-order valence-corrected chi connectivity index (χ3v) is 9.37. The Morgan fingerprint density at radius 2 is 1.45 bits per heavy atom. The van der Waals surface area contributed by atoms with Crippen molar-refractivity contribution < 1.29 is 22.7 Å². The topological polar surface area (TPSA) is 96.0 Å². The summed E-state index contributed by atoms with van der Waals surface area (Å²) in [4.78, 5) is 29.6. The Bertz CT molecular complexity index is 1620. The number of halogens is 1. The molecule has 10 heteroatoms. The van der Waals surface area contributed by atoms with Crippen molar-refractivity contribution in [3.8, 4) is 5.75 Å². The van der Waals surface area contributed by atoms with Gasteiger partial charge < -0.3 is 15.0 Å². The summed E-state index contributed by atoms with van der Waals surface area (Å²) in [5.41, 5.74) is 2.01. The number of amides is 2. The molecule has 0 fully saturated rings. The van der Waals surface area contributed by atoms with Crippen LogP contribution in [0.3, 0.4) is 0 Å². The fraction of sp³-hybridized carbons (Fsp3) is 0.235. The molecule has 4 aromatic carbocycles. The normalized spacial score (nSPS) is 11.8. The summed E-state index contributed by atoms with van der Waals surface area (Å²) in [5.74, 6) is -0.305. The van der Waals surface area contributed by atoms with Crippen LogP contribution in [0.1, 0.15) is 24.5 Å². The minimum absolute atomic E-state index is 0.0101. The van der Waals surface area contributed by atoms with Gasteiger partial charge in [0.15, 0.2) is 0 Å². The average Bonchev–Trinajstić information content (AvgIpc) is 3.05. The molecular formula is C34H36BrN3O5S. The van der Waals surface area contributed by atoms with Gasteiger partial charge in [0, 0.05) is 24.0 Å². The van der Waals surface area contributed by atoms with Gasteiger partial charge in [0.2, 0.25) is 11.8 Å². The van der Waals surface area contributed by atoms with Crippen LogP contribution in [0, 0.1) is 0 Å². The quantitative estimate of drug-likeness (QED) is 0.182. The molecule has 1 N–H and O–H groups in total. The van der Waals surface area contributed by atoms with Gasteiger partial charge in [-0.3, -0.25) is 13.9 Å². The zero-order valence-corrected chi connectivity index (χ0v) is 27.1. The molecular weight excluding hydrogens is 642 g/mol. The van der Waals surface area contributed by atoms with E-state index in [-0.39, 0.29) is 23.8 Å². The lowest BCUT2D eigenvalue weighted by Crippen LogP contribution is -2.53. The number of sulfonamides is 1. The van der Waals surface area contributed by atoms with E-state index in [9.17, 15) is 18.0 Å². The van der Waals surface area contributed by atoms with Crippen molar-refractivity contribution >= 4 is 43.5 Å². The zero-order chi connectivity index (χ0) is 31.5. The van der Waals surface area contributed by atoms with Crippen molar-refractivity contribution in [1.82, 2.24) is 10.2 Å². The highest BCUT2D eigenvalue weighted by atomic mass is 79.9. The molecule has 0 saturated carbocycles. The minimum Gasteiger partial charge on any atom is -0.497 e. The number of ether oxygens (including phenoxy) is 1. The van der Waals surface area contributed by atoms with Gasteiger partial charge in [0.05, 0.1) is 17.7 Å². The smallest absolute Gasteiger partial charge is 0.264 e. The molecule has 1 atom stereocenters. The second-order valence-corrected chi connectivity index (χ2v) is 12.9. The van der Waals surface area contributed by atoms with E-state index in [1.54, 1.807) is 42.5 Å². The molecule has 0 heterocycles. The predicted octanol–water partition coefficient (Wildman–Crippen LogP) is 5.82. The van der Waals surface area contributed by atoms with Crippen molar-refractivity contribution in [2.45, 2.75) is 37.2 Å². The van der Waals surface area contributed by atoms with Crippen LogP contribution in [0.15, 0.2) is 119 Å². The zero-order valence-electron chi connectivity index (χ0n) is 24.7. The van der Waals surface area contributed by atoms with Crippen LogP contribution in [-0.4, -0.2) is 51.4 Å². The number of nitrogens with zero attached hydrogens (tertiary/aromatic N) is 2. The highest BCUT2D eigenvalue weighted by Crippen LogP contribution is 2.26. The van der Waals surface area contributed by atoms with E-state index in [0.717, 1.165) is 26.3 Å². The first-order chi connectivity index (χ1) is 21.2. The van der Waals surface area contributed by atoms with Gasteiger partial charge in [-0.15, -0.1) is 0 Å². The van der Waals surface area contributed by atoms with Gasteiger partial charge in [-0.1, -0.05) is 83.5 Å². The highest BCUT2D eigenvalue weighted by molar-refractivity contribution is 9.10. The Labute approximate surface area is 267 Å². The van der Waals surface area contributed by atoms with Gasteiger partial charge in [0.1, 0.15) is 18.3 Å². The number of para-hydroxylation sites is 1. The van der Waals surface area contributed by atoms with Gasteiger partial charge in [-0.25, -0.2) is 8.42 Å². The summed E-state index contributed by atoms with van der Waals surface area (Å²) in [7, 11) is -2.68. The Morgan fingerprint density at radius 3 is 2.05 bits per heavy atom. The molecule has 2 amide bonds. The van der Waals surface area contributed by atoms with Crippen molar-refractivity contribution in [2.75, 3.05) is 24.5 Å². The fourth-order valence-electron chi connectivity index (χ4n) is 4.70. The van der Waals surface area contributed by atoms with Gasteiger partial charge in [-0.2, -0.15) is 0 Å². The van der Waals surface area contributed by atoms with Crippen molar-refractivity contribution in [1.29, 1.82) is 0 Å². The number of methoxy groups -OCH3 is 1. The summed E-state index contributed by atoms with van der Waals surface area (Å²) >= 11 is 3.45. The van der Waals surface area contributed by atoms with Crippen LogP contribution < -0.4 is 14.4 Å². The Hall–Kier alpha value is -4.15. The maximum Gasteiger partial charge on any atom is 0.264 e. The van der Waals surface area contributed by atoms with Gasteiger partial charge in [-0.05, 0) is 66.1 Å². The molecule has 4 aromatic rings. The van der Waals surface area contributed by atoms with E-state index >= 15 is 0 Å². The molecule has 0 spiro atoms. The Kier molecular flexibility index (Phi) is 11.6. The van der Waals surface area contributed by atoms with Crippen molar-refractivity contribution in [3.63, 3.8) is 0 Å². The van der Waals surface area contributed by atoms with Gasteiger partial charge >= 0.3 is 0 Å². The predicted molar refractivity (Wildman–Crippen MR) is 176 cm³/mol. The van der Waals surface area contributed by atoms with E-state index in [1.807, 2.05) is 61.5 Å². The van der Waals surface area contributed by atoms with E-state index in [4.69, 9.17) is 4.74 Å². The molecule has 44 heavy (non-hydrogen) atoms. The third-order valence-electron chi connectivity index (χ3n) is 7.06. The number of carbonyl (C=O) groups excluding carboxylic acids is 2. The lowest BCUT2D eigenvalue weighted by molar-refractivity contribution is -0.140. The lowest BCUT2D eigenvalue weighted by atomic mass is 10.0. The summed E-state index contributed by atoms with van der Waals surface area (Å²) < 4.78 is 35.3. The molecule has 0 bridgehead atoms. The molecule has 230 valence electrons. The first-order valence-corrected chi connectivity index (χ1v) is 16.5. The Balaban J connectivity index is 1.77. The summed E-state index contributed by atoms with van der Waals surface area (Å²) in [6, 6.07) is 30.6. The SMILES string of the molecule is CCCNC(=O)C(Cc1ccccc1)N(Cc1ccc(Br)cc1)C(=O)CN(c1ccccc1)S(=O)(=O)c1ccc(OC)cc1. The second kappa shape index (κ2) is 15.5. The number of nitrogens with one attached hydrogen (secondary N) is 1. The average molecular weight is 679 g/mol. The molecule has 0 aliphatic carbocycles. The first-order valence-electron chi connectivity index (χ1n) is 14.3. The van der Waals surface area contributed by atoms with E-state index in [1.165, 1.54) is 24.1 Å². The maximum absolute atomic E-state index is 14.4. The first kappa shape index (κ1) is 32.8. The molecule has 0 aliphatic rings. The van der Waals surface area contributed by atoms with Crippen LogP contribution in [0.4, 0.5) is 5.69 Å². The maximum atomic E-state index is 14.4. The van der Waals surface area contributed by atoms with E-state index < -0.39 is 28.5 Å². The number of carbonyl (C=O) groups is 2. The van der Waals surface area contributed by atoms with Crippen LogP contribution >= 0.6 is 15.9 Å². The molecule has 0 saturated heterocycles. The summed E-state index contributed by atoms with van der Waals surface area (Å²) in [6.45, 7) is 2.00. The van der Waals surface area contributed by atoms with Crippen LogP contribution in [0.25, 0.3) is 0 Å². The monoisotopic (exact) mass is 677 g/mol. The number of anilines is 1. The molecule has 1 unspecified atom stereocenters. The molecule has 4 rings (SSSR count). The third kappa shape index (κ3) is 8.48. The van der Waals surface area contributed by atoms with Gasteiger partial charge in [0.25, 0.3) is 10.0 Å². The molecule has 0 radical (unpaired) electrons. The van der Waals surface area contributed by atoms with Crippen LogP contribution in [0.5, 0.6) is 5.75 Å². The molecule has 0 aliphatic heterocycles. The van der Waals surface area contributed by atoms with E-state index in [2.05, 4.69) is 21.2 Å². The van der Waals surface area contributed by atoms with Crippen LogP contribution in [0.2, 0.25) is 0 Å². The molecule has 0 aromatic heterocycles. The van der Waals surface area contributed by atoms with Crippen molar-refractivity contribution in [2.24, 2.45) is 0 Å². The molecule has 8 nitrogen and oxygen atoms in total. The van der Waals surface area contributed by atoms with Crippen molar-refractivity contribution in [3.05, 3.63) is 125 Å². The largest absolute Gasteiger partial charge is 0.497 e. The Morgan fingerprint density at radius 1 is 0.841 bits per heavy atom. The minimum atomic E-state index is -4.18. The summed E-state index contributed by atoms with van der Waals surface area (Å²) in [6.07, 6.45) is 0.988. The van der Waals surface area contributed by atoms with Crippen LogP contribution in [-0.2, 0) is 32.6 Å². The standard InChI is InChI=1S/C34H36BrN3O5S/c1-3-22-36-34(40)32(23-26-10-6-4-7-11-26)37(24-27-14-16-28(35)17-15-27)33(39)25-38(29-12-8-5-9-13-29)44(41,42)31-20-18-30(43-2)19-21-31/h4-21,32H,3,22-25H2,1-2H3,(H,36,40). The highest BCUT2D eigenvalue weighted by Gasteiger charge is 2.34. The number of hydrogen-bond donors (Lipinski definition) is 1. The lowest BCUT2D eigenvalue weighted by Gasteiger charge is -2.34. The number of rotatable bonds is 14.